The average Bonchev–Trinajstić information content (AvgIpc) is 2.48. The summed E-state index contributed by atoms with van der Waals surface area (Å²) < 4.78 is 4.89. The predicted molar refractivity (Wildman–Crippen MR) is 84.8 cm³/mol. The molecule has 6 heteroatoms. The molecule has 1 aromatic rings. The summed E-state index contributed by atoms with van der Waals surface area (Å²) in [7, 11) is 0. The van der Waals surface area contributed by atoms with E-state index in [0.29, 0.717) is 32.0 Å². The highest BCUT2D eigenvalue weighted by Gasteiger charge is 2.15. The number of rotatable bonds is 9. The topological polar surface area (TPSA) is 75.8 Å². The third kappa shape index (κ3) is 5.91. The van der Waals surface area contributed by atoms with Crippen LogP contribution in [0.2, 0.25) is 0 Å². The Morgan fingerprint density at radius 2 is 2.05 bits per heavy atom. The lowest BCUT2D eigenvalue weighted by atomic mass is 10.1. The van der Waals surface area contributed by atoms with E-state index in [-0.39, 0.29) is 12.6 Å². The molecule has 0 aliphatic heterocycles. The van der Waals surface area contributed by atoms with Gasteiger partial charge in [-0.3, -0.25) is 4.79 Å². The molecule has 1 aromatic carbocycles. The lowest BCUT2D eigenvalue weighted by molar-refractivity contribution is -0.144. The van der Waals surface area contributed by atoms with E-state index in [2.05, 4.69) is 0 Å². The molecule has 1 rings (SSSR count). The zero-order valence-corrected chi connectivity index (χ0v) is 13.1. The molecule has 0 amide bonds. The molecule has 0 fully saturated rings. The third-order valence-electron chi connectivity index (χ3n) is 3.07. The molecule has 5 nitrogen and oxygen atoms in total. The Kier molecular flexibility index (Phi) is 8.12. The zero-order chi connectivity index (χ0) is 15.7. The van der Waals surface area contributed by atoms with Crippen molar-refractivity contribution in [2.45, 2.75) is 19.4 Å². The van der Waals surface area contributed by atoms with Crippen LogP contribution in [0.3, 0.4) is 0 Å². The van der Waals surface area contributed by atoms with Gasteiger partial charge in [-0.2, -0.15) is 0 Å². The number of alkyl halides is 1. The fourth-order valence-corrected chi connectivity index (χ4v) is 2.23. The first kappa shape index (κ1) is 17.8. The molecular formula is C15H23ClN2O3. The summed E-state index contributed by atoms with van der Waals surface area (Å²) in [5.74, 6) is 0.112. The highest BCUT2D eigenvalue weighted by atomic mass is 35.5. The van der Waals surface area contributed by atoms with Gasteiger partial charge >= 0.3 is 5.97 Å². The van der Waals surface area contributed by atoms with Gasteiger partial charge in [0.1, 0.15) is 6.04 Å². The second-order valence-corrected chi connectivity index (χ2v) is 5.01. The number of nitrogens with zero attached hydrogens (tertiary/aromatic N) is 1. The molecule has 118 valence electrons. The molecule has 0 bridgehead atoms. The van der Waals surface area contributed by atoms with Crippen LogP contribution >= 0.6 is 11.6 Å². The maximum atomic E-state index is 11.5. The molecule has 0 aromatic heterocycles. The van der Waals surface area contributed by atoms with Gasteiger partial charge in [-0.05, 0) is 31.0 Å². The van der Waals surface area contributed by atoms with E-state index >= 15 is 0 Å². The summed E-state index contributed by atoms with van der Waals surface area (Å²) in [6.45, 7) is 3.37. The van der Waals surface area contributed by atoms with Crippen LogP contribution in [-0.4, -0.2) is 49.3 Å². The number of anilines is 1. The van der Waals surface area contributed by atoms with Crippen LogP contribution in [0.5, 0.6) is 0 Å². The van der Waals surface area contributed by atoms with Gasteiger partial charge in [0.2, 0.25) is 0 Å². The number of ether oxygens (including phenoxy) is 1. The van der Waals surface area contributed by atoms with Crippen molar-refractivity contribution in [3.8, 4) is 0 Å². The van der Waals surface area contributed by atoms with Crippen molar-refractivity contribution < 1.29 is 14.6 Å². The highest BCUT2D eigenvalue weighted by Crippen LogP contribution is 2.16. The first-order chi connectivity index (χ1) is 10.1. The third-order valence-corrected chi connectivity index (χ3v) is 3.24. The first-order valence-electron chi connectivity index (χ1n) is 7.05. The van der Waals surface area contributed by atoms with E-state index < -0.39 is 6.04 Å². The van der Waals surface area contributed by atoms with E-state index in [9.17, 15) is 4.79 Å². The fourth-order valence-electron chi connectivity index (χ4n) is 2.02. The Labute approximate surface area is 130 Å². The Bertz CT molecular complexity index is 419. The van der Waals surface area contributed by atoms with Crippen LogP contribution in [0.4, 0.5) is 5.69 Å². The van der Waals surface area contributed by atoms with Gasteiger partial charge in [0.05, 0.1) is 13.2 Å². The zero-order valence-electron chi connectivity index (χ0n) is 12.3. The number of nitrogens with two attached hydrogens (primary N) is 1. The van der Waals surface area contributed by atoms with Crippen LogP contribution < -0.4 is 10.6 Å². The monoisotopic (exact) mass is 314 g/mol. The summed E-state index contributed by atoms with van der Waals surface area (Å²) in [5.41, 5.74) is 7.74. The van der Waals surface area contributed by atoms with Crippen LogP contribution in [0, 0.1) is 0 Å². The van der Waals surface area contributed by atoms with Crippen molar-refractivity contribution in [2.24, 2.45) is 5.73 Å². The first-order valence-corrected chi connectivity index (χ1v) is 7.58. The van der Waals surface area contributed by atoms with Crippen molar-refractivity contribution in [2.75, 3.05) is 37.1 Å². The quantitative estimate of drug-likeness (QED) is 0.528. The lowest BCUT2D eigenvalue weighted by Crippen LogP contribution is -2.34. The van der Waals surface area contributed by atoms with Crippen LogP contribution in [-0.2, 0) is 16.0 Å². The minimum absolute atomic E-state index is 0.0758. The van der Waals surface area contributed by atoms with Gasteiger partial charge in [-0.25, -0.2) is 0 Å². The molecule has 1 atom stereocenters. The van der Waals surface area contributed by atoms with Crippen LogP contribution in [0.1, 0.15) is 12.5 Å². The molecule has 0 spiro atoms. The summed E-state index contributed by atoms with van der Waals surface area (Å²) in [6, 6.07) is 7.08. The average molecular weight is 315 g/mol. The molecule has 0 saturated heterocycles. The standard InChI is InChI=1S/C15H23ClN2O3/c1-2-21-15(20)14(17)11-12-3-5-13(6-4-12)18(8-7-16)9-10-19/h3-6,14,19H,2,7-11,17H2,1H3. The van der Waals surface area contributed by atoms with E-state index in [4.69, 9.17) is 27.2 Å². The molecule has 21 heavy (non-hydrogen) atoms. The SMILES string of the molecule is CCOC(=O)C(N)Cc1ccc(N(CCO)CCCl)cc1. The summed E-state index contributed by atoms with van der Waals surface area (Å²) in [4.78, 5) is 13.5. The molecule has 0 aliphatic carbocycles. The molecule has 0 saturated carbocycles. The van der Waals surface area contributed by atoms with Crippen LogP contribution in [0.25, 0.3) is 0 Å². The van der Waals surface area contributed by atoms with Crippen LogP contribution in [0.15, 0.2) is 24.3 Å². The smallest absolute Gasteiger partial charge is 0.323 e. The van der Waals surface area contributed by atoms with Crippen molar-refractivity contribution in [3.05, 3.63) is 29.8 Å². The van der Waals surface area contributed by atoms with Gasteiger partial charge in [0.25, 0.3) is 0 Å². The molecule has 0 radical (unpaired) electrons. The number of aliphatic hydroxyl groups is 1. The largest absolute Gasteiger partial charge is 0.465 e. The van der Waals surface area contributed by atoms with Crippen molar-refractivity contribution >= 4 is 23.3 Å². The normalized spacial score (nSPS) is 12.0. The lowest BCUT2D eigenvalue weighted by Gasteiger charge is -2.23. The summed E-state index contributed by atoms with van der Waals surface area (Å²) >= 11 is 5.76. The number of hydrogen-bond acceptors (Lipinski definition) is 5. The minimum Gasteiger partial charge on any atom is -0.465 e. The fraction of sp³-hybridized carbons (Fsp3) is 0.533. The van der Waals surface area contributed by atoms with E-state index in [1.54, 1.807) is 6.92 Å². The maximum absolute atomic E-state index is 11.5. The predicted octanol–water partition coefficient (Wildman–Crippen LogP) is 1.16. The van der Waals surface area contributed by atoms with Gasteiger partial charge < -0.3 is 20.5 Å². The molecule has 3 N–H and O–H groups in total. The second kappa shape index (κ2) is 9.60. The van der Waals surface area contributed by atoms with Gasteiger partial charge in [0.15, 0.2) is 0 Å². The number of halogens is 1. The Morgan fingerprint density at radius 1 is 1.38 bits per heavy atom. The van der Waals surface area contributed by atoms with E-state index in [1.165, 1.54) is 0 Å². The highest BCUT2D eigenvalue weighted by molar-refractivity contribution is 6.18. The number of carbonyl (C=O) groups is 1. The van der Waals surface area contributed by atoms with Crippen molar-refractivity contribution in [1.29, 1.82) is 0 Å². The summed E-state index contributed by atoms with van der Waals surface area (Å²) in [6.07, 6.45) is 0.439. The van der Waals surface area contributed by atoms with Gasteiger partial charge in [0, 0.05) is 24.7 Å². The number of carbonyl (C=O) groups excluding carboxylic acids is 1. The van der Waals surface area contributed by atoms with E-state index in [0.717, 1.165) is 11.3 Å². The molecule has 0 aliphatic rings. The minimum atomic E-state index is -0.646. The van der Waals surface area contributed by atoms with Crippen molar-refractivity contribution in [3.63, 3.8) is 0 Å². The Balaban J connectivity index is 2.66. The van der Waals surface area contributed by atoms with Crippen molar-refractivity contribution in [1.82, 2.24) is 0 Å². The van der Waals surface area contributed by atoms with Gasteiger partial charge in [-0.15, -0.1) is 11.6 Å². The Hall–Kier alpha value is -1.30. The number of hydrogen-bond donors (Lipinski definition) is 2. The number of esters is 1. The van der Waals surface area contributed by atoms with Gasteiger partial charge in [-0.1, -0.05) is 12.1 Å². The molecular weight excluding hydrogens is 292 g/mol. The molecule has 0 heterocycles. The Morgan fingerprint density at radius 3 is 2.57 bits per heavy atom. The number of benzene rings is 1. The number of aliphatic hydroxyl groups excluding tert-OH is 1. The second-order valence-electron chi connectivity index (χ2n) is 4.63. The summed E-state index contributed by atoms with van der Waals surface area (Å²) in [5, 5.41) is 9.06. The maximum Gasteiger partial charge on any atom is 0.323 e. The molecule has 1 unspecified atom stereocenters. The van der Waals surface area contributed by atoms with E-state index in [1.807, 2.05) is 29.2 Å².